The van der Waals surface area contributed by atoms with Crippen LogP contribution in [0.15, 0.2) is 17.2 Å². The standard InChI is InChI=1S/C8H8N4O3/c1-5-3-4-6(10-11-9)7(12(13)14)8(5)15-2/h3-4H,1-2H3. The number of nitro groups is 1. The number of nitrogens with zero attached hydrogens (tertiary/aromatic N) is 4. The Kier molecular flexibility index (Phi) is 3.10. The number of aryl methyl sites for hydroxylation is 1. The van der Waals surface area contributed by atoms with Crippen molar-refractivity contribution in [2.24, 2.45) is 5.11 Å². The van der Waals surface area contributed by atoms with Gasteiger partial charge in [-0.05, 0) is 24.1 Å². The van der Waals surface area contributed by atoms with E-state index in [1.54, 1.807) is 13.0 Å². The van der Waals surface area contributed by atoms with Gasteiger partial charge in [0.2, 0.25) is 0 Å². The molecule has 0 fully saturated rings. The molecule has 0 saturated heterocycles. The maximum atomic E-state index is 10.8. The fourth-order valence-corrected chi connectivity index (χ4v) is 1.22. The van der Waals surface area contributed by atoms with E-state index in [2.05, 4.69) is 10.0 Å². The molecule has 0 aliphatic rings. The molecule has 0 N–H and O–H groups in total. The van der Waals surface area contributed by atoms with Crippen LogP contribution in [0.5, 0.6) is 5.75 Å². The van der Waals surface area contributed by atoms with Crippen molar-refractivity contribution >= 4 is 11.4 Å². The zero-order valence-electron chi connectivity index (χ0n) is 8.17. The topological polar surface area (TPSA) is 101 Å². The summed E-state index contributed by atoms with van der Waals surface area (Å²) in [4.78, 5) is 12.7. The maximum Gasteiger partial charge on any atom is 0.320 e. The molecule has 1 aromatic carbocycles. The van der Waals surface area contributed by atoms with Crippen LogP contribution in [-0.4, -0.2) is 12.0 Å². The molecule has 0 bridgehead atoms. The lowest BCUT2D eigenvalue weighted by molar-refractivity contribution is -0.385. The van der Waals surface area contributed by atoms with Crippen molar-refractivity contribution in [3.63, 3.8) is 0 Å². The number of hydrogen-bond acceptors (Lipinski definition) is 4. The Hall–Kier alpha value is -2.27. The predicted molar refractivity (Wildman–Crippen MR) is 53.2 cm³/mol. The van der Waals surface area contributed by atoms with E-state index in [0.29, 0.717) is 5.56 Å². The summed E-state index contributed by atoms with van der Waals surface area (Å²) in [7, 11) is 1.33. The van der Waals surface area contributed by atoms with Crippen LogP contribution in [0.2, 0.25) is 0 Å². The fourth-order valence-electron chi connectivity index (χ4n) is 1.22. The van der Waals surface area contributed by atoms with Crippen molar-refractivity contribution in [2.75, 3.05) is 7.11 Å². The van der Waals surface area contributed by atoms with Crippen molar-refractivity contribution in [3.8, 4) is 5.75 Å². The second-order valence-corrected chi connectivity index (χ2v) is 2.73. The number of nitro benzene ring substituents is 1. The highest BCUT2D eigenvalue weighted by molar-refractivity contribution is 5.67. The van der Waals surface area contributed by atoms with E-state index in [1.807, 2.05) is 0 Å². The molecule has 0 atom stereocenters. The Labute approximate surface area is 85.1 Å². The SMILES string of the molecule is COc1c(C)ccc(N=[N+]=[N-])c1[N+](=O)[O-]. The summed E-state index contributed by atoms with van der Waals surface area (Å²) < 4.78 is 4.90. The summed E-state index contributed by atoms with van der Waals surface area (Å²) in [5.41, 5.74) is 8.50. The lowest BCUT2D eigenvalue weighted by Crippen LogP contribution is -1.96. The van der Waals surface area contributed by atoms with Gasteiger partial charge < -0.3 is 4.74 Å². The molecule has 1 rings (SSSR count). The molecule has 1 aromatic rings. The first-order valence-corrected chi connectivity index (χ1v) is 3.99. The van der Waals surface area contributed by atoms with Gasteiger partial charge in [-0.15, -0.1) is 0 Å². The van der Waals surface area contributed by atoms with E-state index in [9.17, 15) is 10.1 Å². The minimum Gasteiger partial charge on any atom is -0.490 e. The van der Waals surface area contributed by atoms with E-state index in [4.69, 9.17) is 10.3 Å². The molecule has 7 heteroatoms. The van der Waals surface area contributed by atoms with Crippen LogP contribution in [0, 0.1) is 17.0 Å². The molecule has 0 aromatic heterocycles. The van der Waals surface area contributed by atoms with E-state index >= 15 is 0 Å². The highest BCUT2D eigenvalue weighted by atomic mass is 16.6. The normalized spacial score (nSPS) is 9.20. The van der Waals surface area contributed by atoms with Gasteiger partial charge in [0.05, 0.1) is 12.0 Å². The van der Waals surface area contributed by atoms with Gasteiger partial charge in [0.25, 0.3) is 0 Å². The Morgan fingerprint density at radius 2 is 2.27 bits per heavy atom. The van der Waals surface area contributed by atoms with Gasteiger partial charge in [0.1, 0.15) is 5.69 Å². The average Bonchev–Trinajstić information content (AvgIpc) is 2.20. The molecule has 0 unspecified atom stereocenters. The number of hydrogen-bond donors (Lipinski definition) is 0. The Balaban J connectivity index is 3.55. The first-order chi connectivity index (χ1) is 7.11. The van der Waals surface area contributed by atoms with E-state index < -0.39 is 4.92 Å². The zero-order valence-corrected chi connectivity index (χ0v) is 8.17. The molecule has 78 valence electrons. The Bertz CT molecular complexity index is 451. The summed E-state index contributed by atoms with van der Waals surface area (Å²) in [6, 6.07) is 2.98. The van der Waals surface area contributed by atoms with Gasteiger partial charge in [-0.3, -0.25) is 10.1 Å². The van der Waals surface area contributed by atoms with Crippen LogP contribution in [0.25, 0.3) is 10.4 Å². The smallest absolute Gasteiger partial charge is 0.320 e. The largest absolute Gasteiger partial charge is 0.490 e. The van der Waals surface area contributed by atoms with Crippen molar-refractivity contribution in [3.05, 3.63) is 38.3 Å². The third kappa shape index (κ3) is 1.97. The van der Waals surface area contributed by atoms with Crippen LogP contribution in [0.3, 0.4) is 0 Å². The molecule has 0 amide bonds. The molecular formula is C8H8N4O3. The second kappa shape index (κ2) is 4.30. The van der Waals surface area contributed by atoms with E-state index in [0.717, 1.165) is 0 Å². The average molecular weight is 208 g/mol. The maximum absolute atomic E-state index is 10.8. The minimum atomic E-state index is -0.629. The highest BCUT2D eigenvalue weighted by Gasteiger charge is 2.21. The number of rotatable bonds is 3. The molecule has 0 radical (unpaired) electrons. The predicted octanol–water partition coefficient (Wildman–Crippen LogP) is 2.85. The zero-order chi connectivity index (χ0) is 11.4. The second-order valence-electron chi connectivity index (χ2n) is 2.73. The molecule has 0 heterocycles. The fraction of sp³-hybridized carbons (Fsp3) is 0.250. The lowest BCUT2D eigenvalue weighted by Gasteiger charge is -2.06. The summed E-state index contributed by atoms with van der Waals surface area (Å²) in [5, 5.41) is 14.0. The van der Waals surface area contributed by atoms with Gasteiger partial charge in [0.15, 0.2) is 5.75 Å². The number of ether oxygens (including phenoxy) is 1. The van der Waals surface area contributed by atoms with Crippen LogP contribution < -0.4 is 4.74 Å². The summed E-state index contributed by atoms with van der Waals surface area (Å²) in [6.07, 6.45) is 0. The molecule has 7 nitrogen and oxygen atoms in total. The quantitative estimate of drug-likeness (QED) is 0.251. The lowest BCUT2D eigenvalue weighted by atomic mass is 10.1. The summed E-state index contributed by atoms with van der Waals surface area (Å²) in [6.45, 7) is 1.67. The van der Waals surface area contributed by atoms with Gasteiger partial charge in [-0.1, -0.05) is 11.2 Å². The summed E-state index contributed by atoms with van der Waals surface area (Å²) in [5.74, 6) is 0.116. The van der Waals surface area contributed by atoms with E-state index in [-0.39, 0.29) is 17.1 Å². The first-order valence-electron chi connectivity index (χ1n) is 3.99. The van der Waals surface area contributed by atoms with Gasteiger partial charge in [-0.2, -0.15) is 0 Å². The number of benzene rings is 1. The van der Waals surface area contributed by atoms with Crippen molar-refractivity contribution in [1.82, 2.24) is 0 Å². The van der Waals surface area contributed by atoms with Crippen molar-refractivity contribution in [2.45, 2.75) is 6.92 Å². The number of azide groups is 1. The first kappa shape index (κ1) is 10.8. The van der Waals surface area contributed by atoms with Crippen LogP contribution >= 0.6 is 0 Å². The van der Waals surface area contributed by atoms with Gasteiger partial charge >= 0.3 is 5.69 Å². The van der Waals surface area contributed by atoms with Gasteiger partial charge in [0, 0.05) is 4.91 Å². The third-order valence-electron chi connectivity index (χ3n) is 1.85. The minimum absolute atomic E-state index is 0.0510. The van der Waals surface area contributed by atoms with Gasteiger partial charge in [-0.25, -0.2) is 0 Å². The van der Waals surface area contributed by atoms with E-state index in [1.165, 1.54) is 13.2 Å². The number of methoxy groups -OCH3 is 1. The Morgan fingerprint density at radius 1 is 1.60 bits per heavy atom. The van der Waals surface area contributed by atoms with Crippen LogP contribution in [0.4, 0.5) is 11.4 Å². The molecule has 0 aliphatic heterocycles. The summed E-state index contributed by atoms with van der Waals surface area (Å²) >= 11 is 0. The van der Waals surface area contributed by atoms with Crippen LogP contribution in [-0.2, 0) is 0 Å². The monoisotopic (exact) mass is 208 g/mol. The Morgan fingerprint density at radius 3 is 2.73 bits per heavy atom. The molecular weight excluding hydrogens is 200 g/mol. The third-order valence-corrected chi connectivity index (χ3v) is 1.85. The molecule has 15 heavy (non-hydrogen) atoms. The van der Waals surface area contributed by atoms with Crippen molar-refractivity contribution in [1.29, 1.82) is 0 Å². The molecule has 0 spiro atoms. The highest BCUT2D eigenvalue weighted by Crippen LogP contribution is 2.39. The van der Waals surface area contributed by atoms with Crippen molar-refractivity contribution < 1.29 is 9.66 Å². The molecule has 0 aliphatic carbocycles. The van der Waals surface area contributed by atoms with Crippen LogP contribution in [0.1, 0.15) is 5.56 Å². The molecule has 0 saturated carbocycles.